The van der Waals surface area contributed by atoms with Crippen LogP contribution in [-0.2, 0) is 11.8 Å². The highest BCUT2D eigenvalue weighted by atomic mass is 16.1. The third-order valence-corrected chi connectivity index (χ3v) is 4.31. The van der Waals surface area contributed by atoms with Gasteiger partial charge in [0.1, 0.15) is 12.4 Å². The van der Waals surface area contributed by atoms with E-state index in [1.165, 1.54) is 6.33 Å². The zero-order valence-electron chi connectivity index (χ0n) is 12.9. The second-order valence-electron chi connectivity index (χ2n) is 6.84. The Morgan fingerprint density at radius 1 is 1.32 bits per heavy atom. The van der Waals surface area contributed by atoms with Crippen LogP contribution < -0.4 is 5.32 Å². The van der Waals surface area contributed by atoms with Gasteiger partial charge in [-0.15, -0.1) is 0 Å². The molecule has 2 aromatic rings. The van der Waals surface area contributed by atoms with Crippen LogP contribution in [0.2, 0.25) is 0 Å². The fraction of sp³-hybridized carbons (Fsp3) is 0.467. The number of hydrogen-bond acceptors (Lipinski definition) is 5. The summed E-state index contributed by atoms with van der Waals surface area (Å²) in [5.41, 5.74) is 2.68. The summed E-state index contributed by atoms with van der Waals surface area (Å²) in [6.45, 7) is 4.24. The van der Waals surface area contributed by atoms with Gasteiger partial charge in [0, 0.05) is 36.5 Å². The Morgan fingerprint density at radius 3 is 2.86 bits per heavy atom. The van der Waals surface area contributed by atoms with E-state index in [4.69, 9.17) is 0 Å². The summed E-state index contributed by atoms with van der Waals surface area (Å²) in [6, 6.07) is -0.244. The number of Topliss-reactive ketones (excluding diaryl/α,β-unsaturated/α-hetero) is 1. The summed E-state index contributed by atoms with van der Waals surface area (Å²) in [5, 5.41) is 11.8. The number of rotatable bonds is 1. The van der Waals surface area contributed by atoms with Crippen molar-refractivity contribution in [1.29, 1.82) is 0 Å². The summed E-state index contributed by atoms with van der Waals surface area (Å²) >= 11 is 0. The monoisotopic (exact) mass is 298 g/mol. The molecule has 0 spiro atoms. The van der Waals surface area contributed by atoms with E-state index in [0.717, 1.165) is 23.3 Å². The molecule has 1 aliphatic heterocycles. The van der Waals surface area contributed by atoms with Gasteiger partial charge in [-0.2, -0.15) is 15.2 Å². The normalized spacial score (nSPS) is 23.0. The minimum atomic E-state index is -0.244. The molecule has 0 saturated carbocycles. The molecule has 7 heteroatoms. The Kier molecular flexibility index (Phi) is 2.58. The van der Waals surface area contributed by atoms with Gasteiger partial charge in [-0.3, -0.25) is 9.48 Å². The summed E-state index contributed by atoms with van der Waals surface area (Å²) in [4.78, 5) is 17.1. The molecule has 4 rings (SSSR count). The SMILES string of the molecule is Cn1cc(C2C3=C(CC(C)(C)CC3=O)Nc3ncnn32)cn1. The van der Waals surface area contributed by atoms with E-state index < -0.39 is 0 Å². The van der Waals surface area contributed by atoms with Crippen molar-refractivity contribution < 1.29 is 4.79 Å². The van der Waals surface area contributed by atoms with Gasteiger partial charge in [0.15, 0.2) is 5.78 Å². The van der Waals surface area contributed by atoms with E-state index in [1.807, 2.05) is 13.2 Å². The van der Waals surface area contributed by atoms with E-state index in [2.05, 4.69) is 34.3 Å². The van der Waals surface area contributed by atoms with E-state index in [1.54, 1.807) is 15.6 Å². The molecule has 2 aromatic heterocycles. The number of allylic oxidation sites excluding steroid dienone is 2. The maximum Gasteiger partial charge on any atom is 0.226 e. The van der Waals surface area contributed by atoms with E-state index in [9.17, 15) is 4.79 Å². The standard InChI is InChI=1S/C15H18N6O/c1-15(2)4-10-12(11(22)5-15)13(9-6-17-20(3)7-9)21-14(19-10)16-8-18-21/h6-8,13H,4-5H2,1-3H3,(H,16,18,19). The number of anilines is 1. The van der Waals surface area contributed by atoms with Gasteiger partial charge in [0.2, 0.25) is 5.95 Å². The number of nitrogens with zero attached hydrogens (tertiary/aromatic N) is 5. The maximum atomic E-state index is 12.8. The molecule has 0 amide bonds. The third-order valence-electron chi connectivity index (χ3n) is 4.31. The molecule has 1 aliphatic carbocycles. The average Bonchev–Trinajstić information content (AvgIpc) is 3.03. The molecule has 1 N–H and O–H groups in total. The lowest BCUT2D eigenvalue weighted by Gasteiger charge is -2.37. The van der Waals surface area contributed by atoms with Crippen LogP contribution in [0, 0.1) is 5.41 Å². The number of carbonyl (C=O) groups is 1. The third kappa shape index (κ3) is 1.88. The first-order chi connectivity index (χ1) is 10.4. The molecule has 7 nitrogen and oxygen atoms in total. The fourth-order valence-electron chi connectivity index (χ4n) is 3.44. The Balaban J connectivity index is 1.90. The molecule has 1 atom stereocenters. The van der Waals surface area contributed by atoms with Gasteiger partial charge in [-0.05, 0) is 11.8 Å². The molecule has 0 saturated heterocycles. The van der Waals surface area contributed by atoms with Crippen molar-refractivity contribution in [2.45, 2.75) is 32.7 Å². The first kappa shape index (κ1) is 13.2. The second kappa shape index (κ2) is 4.28. The van der Waals surface area contributed by atoms with E-state index in [0.29, 0.717) is 12.4 Å². The van der Waals surface area contributed by atoms with Gasteiger partial charge in [0.05, 0.1) is 6.20 Å². The molecule has 114 valence electrons. The molecule has 0 bridgehead atoms. The highest BCUT2D eigenvalue weighted by molar-refractivity contribution is 6.00. The Labute approximate surface area is 128 Å². The van der Waals surface area contributed by atoms with Gasteiger partial charge >= 0.3 is 0 Å². The second-order valence-corrected chi connectivity index (χ2v) is 6.84. The van der Waals surface area contributed by atoms with Crippen molar-refractivity contribution in [3.05, 3.63) is 35.6 Å². The molecule has 1 unspecified atom stereocenters. The van der Waals surface area contributed by atoms with Crippen LogP contribution in [0.3, 0.4) is 0 Å². The number of hydrogen-bond donors (Lipinski definition) is 1. The number of carbonyl (C=O) groups excluding carboxylic acids is 1. The van der Waals surface area contributed by atoms with Crippen LogP contribution in [-0.4, -0.2) is 30.3 Å². The summed E-state index contributed by atoms with van der Waals surface area (Å²) in [5.74, 6) is 0.854. The van der Waals surface area contributed by atoms with Crippen molar-refractivity contribution in [2.75, 3.05) is 5.32 Å². The minimum absolute atomic E-state index is 0.0371. The lowest BCUT2D eigenvalue weighted by molar-refractivity contribution is -0.118. The van der Waals surface area contributed by atoms with Crippen LogP contribution in [0.1, 0.15) is 38.3 Å². The van der Waals surface area contributed by atoms with Gasteiger partial charge in [-0.1, -0.05) is 13.8 Å². The average molecular weight is 298 g/mol. The predicted molar refractivity (Wildman–Crippen MR) is 80.0 cm³/mol. The maximum absolute atomic E-state index is 12.8. The number of ketones is 1. The van der Waals surface area contributed by atoms with Crippen LogP contribution in [0.5, 0.6) is 0 Å². The van der Waals surface area contributed by atoms with E-state index in [-0.39, 0.29) is 17.2 Å². The molecule has 0 radical (unpaired) electrons. The summed E-state index contributed by atoms with van der Waals surface area (Å²) in [6.07, 6.45) is 6.62. The van der Waals surface area contributed by atoms with Crippen LogP contribution in [0.4, 0.5) is 5.95 Å². The van der Waals surface area contributed by atoms with Crippen LogP contribution >= 0.6 is 0 Å². The summed E-state index contributed by atoms with van der Waals surface area (Å²) < 4.78 is 3.51. The largest absolute Gasteiger partial charge is 0.328 e. The molecule has 2 aliphatic rings. The molecule has 0 fully saturated rings. The molecular formula is C15H18N6O. The number of aryl methyl sites for hydroxylation is 1. The number of nitrogens with one attached hydrogen (secondary N) is 1. The van der Waals surface area contributed by atoms with Crippen molar-refractivity contribution in [3.8, 4) is 0 Å². The Morgan fingerprint density at radius 2 is 2.14 bits per heavy atom. The topological polar surface area (TPSA) is 77.6 Å². The van der Waals surface area contributed by atoms with Gasteiger partial charge < -0.3 is 5.32 Å². The van der Waals surface area contributed by atoms with Gasteiger partial charge in [-0.25, -0.2) is 4.68 Å². The number of aromatic nitrogens is 5. The smallest absolute Gasteiger partial charge is 0.226 e. The fourth-order valence-corrected chi connectivity index (χ4v) is 3.44. The zero-order valence-corrected chi connectivity index (χ0v) is 12.9. The molecule has 3 heterocycles. The Bertz CT molecular complexity index is 797. The first-order valence-corrected chi connectivity index (χ1v) is 7.36. The summed E-state index contributed by atoms with van der Waals surface area (Å²) in [7, 11) is 1.87. The van der Waals surface area contributed by atoms with Crippen molar-refractivity contribution in [3.63, 3.8) is 0 Å². The van der Waals surface area contributed by atoms with Crippen molar-refractivity contribution in [2.24, 2.45) is 12.5 Å². The lowest BCUT2D eigenvalue weighted by Crippen LogP contribution is -2.36. The molecule has 22 heavy (non-hydrogen) atoms. The molecular weight excluding hydrogens is 280 g/mol. The van der Waals surface area contributed by atoms with Gasteiger partial charge in [0.25, 0.3) is 0 Å². The lowest BCUT2D eigenvalue weighted by atomic mass is 9.73. The predicted octanol–water partition coefficient (Wildman–Crippen LogP) is 1.67. The number of fused-ring (bicyclic) bond motifs is 1. The minimum Gasteiger partial charge on any atom is -0.328 e. The van der Waals surface area contributed by atoms with Crippen molar-refractivity contribution >= 4 is 11.7 Å². The highest BCUT2D eigenvalue weighted by Crippen LogP contribution is 2.44. The Hall–Kier alpha value is -2.44. The van der Waals surface area contributed by atoms with Crippen LogP contribution in [0.15, 0.2) is 30.0 Å². The molecule has 0 aromatic carbocycles. The van der Waals surface area contributed by atoms with Crippen molar-refractivity contribution in [1.82, 2.24) is 24.5 Å². The first-order valence-electron chi connectivity index (χ1n) is 7.36. The van der Waals surface area contributed by atoms with E-state index >= 15 is 0 Å². The highest BCUT2D eigenvalue weighted by Gasteiger charge is 2.41. The van der Waals surface area contributed by atoms with Crippen LogP contribution in [0.25, 0.3) is 0 Å². The quantitative estimate of drug-likeness (QED) is 0.866. The zero-order chi connectivity index (χ0) is 15.5.